The summed E-state index contributed by atoms with van der Waals surface area (Å²) in [5.41, 5.74) is 7.13. The minimum Gasteiger partial charge on any atom is -1.00 e. The zero-order valence-electron chi connectivity index (χ0n) is 24.0. The molecular formula is C28H34N5NaO5S. The first-order valence-corrected chi connectivity index (χ1v) is 14.7. The molecule has 12 heteroatoms. The summed E-state index contributed by atoms with van der Waals surface area (Å²) in [7, 11) is -2.61. The molecule has 5 rings (SSSR count). The molecule has 0 fully saturated rings. The van der Waals surface area contributed by atoms with Crippen LogP contribution in [0.15, 0.2) is 48.8 Å². The molecule has 2 amide bonds. The Hall–Kier alpha value is -2.86. The van der Waals surface area contributed by atoms with Gasteiger partial charge in [-0.05, 0) is 71.9 Å². The number of benzene rings is 2. The van der Waals surface area contributed by atoms with Crippen molar-refractivity contribution in [2.24, 2.45) is 7.05 Å². The van der Waals surface area contributed by atoms with Crippen LogP contribution in [-0.4, -0.2) is 43.3 Å². The van der Waals surface area contributed by atoms with Gasteiger partial charge in [0.1, 0.15) is 6.61 Å². The van der Waals surface area contributed by atoms with Gasteiger partial charge >= 0.3 is 45.9 Å². The van der Waals surface area contributed by atoms with Gasteiger partial charge in [0, 0.05) is 19.8 Å². The number of carbonyl (C=O) groups is 2. The molecule has 0 aliphatic heterocycles. The maximum Gasteiger partial charge on any atom is 1.00 e. The van der Waals surface area contributed by atoms with Crippen LogP contribution in [-0.2, 0) is 65.5 Å². The minimum absolute atomic E-state index is 0. The van der Waals surface area contributed by atoms with E-state index in [1.54, 1.807) is 7.05 Å². The molecule has 0 unspecified atom stereocenters. The molecule has 0 radical (unpaired) electrons. The fraction of sp³-hybridized carbons (Fsp3) is 0.393. The summed E-state index contributed by atoms with van der Waals surface area (Å²) in [4.78, 5) is 25.3. The average Bonchev–Trinajstić information content (AvgIpc) is 3.66. The maximum atomic E-state index is 13.4. The normalized spacial score (nSPS) is 13.6. The van der Waals surface area contributed by atoms with E-state index >= 15 is 0 Å². The van der Waals surface area contributed by atoms with E-state index < -0.39 is 22.2 Å². The van der Waals surface area contributed by atoms with Gasteiger partial charge in [-0.15, -0.1) is 0 Å². The third-order valence-electron chi connectivity index (χ3n) is 7.24. The van der Waals surface area contributed by atoms with Crippen LogP contribution >= 0.6 is 0 Å². The number of rotatable bonds is 10. The monoisotopic (exact) mass is 575 g/mol. The van der Waals surface area contributed by atoms with Crippen molar-refractivity contribution in [3.05, 3.63) is 82.2 Å². The van der Waals surface area contributed by atoms with Crippen LogP contribution < -0.4 is 43.9 Å². The van der Waals surface area contributed by atoms with Gasteiger partial charge in [0.05, 0.1) is 24.8 Å². The summed E-state index contributed by atoms with van der Waals surface area (Å²) in [5, 5.41) is 6.64. The number of amides is 2. The van der Waals surface area contributed by atoms with Crippen molar-refractivity contribution < 1.29 is 53.7 Å². The Morgan fingerprint density at radius 1 is 1.07 bits per heavy atom. The molecule has 2 N–H and O–H groups in total. The number of ether oxygens (including phenoxy) is 1. The molecule has 2 aliphatic carbocycles. The van der Waals surface area contributed by atoms with Crippen LogP contribution in [0.1, 0.15) is 47.6 Å². The molecule has 0 saturated heterocycles. The second-order valence-electron chi connectivity index (χ2n) is 9.98. The van der Waals surface area contributed by atoms with Crippen molar-refractivity contribution in [2.45, 2.75) is 51.6 Å². The number of aromatic nitrogens is 2. The smallest absolute Gasteiger partial charge is 1.00 e. The SMILES string of the molecule is Cn1cc(N(CCNC(=O)OCc2ccccc2)S(=O)(=O)NC(=O)Cc2c3c(cc4c2CCC4)CCC3)cn1.[H-].[Na+]. The van der Waals surface area contributed by atoms with Crippen LogP contribution in [0.3, 0.4) is 0 Å². The number of nitrogens with zero attached hydrogens (tertiary/aromatic N) is 3. The molecule has 0 spiro atoms. The van der Waals surface area contributed by atoms with Crippen molar-refractivity contribution in [3.63, 3.8) is 0 Å². The molecule has 10 nitrogen and oxygen atoms in total. The van der Waals surface area contributed by atoms with Crippen molar-refractivity contribution in [1.82, 2.24) is 19.8 Å². The van der Waals surface area contributed by atoms with Crippen molar-refractivity contribution in [3.8, 4) is 0 Å². The Morgan fingerprint density at radius 2 is 1.75 bits per heavy atom. The molecule has 1 aromatic heterocycles. The zero-order valence-corrected chi connectivity index (χ0v) is 25.8. The van der Waals surface area contributed by atoms with Crippen LogP contribution in [0.2, 0.25) is 0 Å². The third-order valence-corrected chi connectivity index (χ3v) is 8.70. The molecule has 40 heavy (non-hydrogen) atoms. The molecular weight excluding hydrogens is 541 g/mol. The van der Waals surface area contributed by atoms with E-state index in [0.29, 0.717) is 0 Å². The first-order chi connectivity index (χ1) is 18.8. The topological polar surface area (TPSA) is 123 Å². The molecule has 2 aliphatic rings. The third kappa shape index (κ3) is 7.06. The van der Waals surface area contributed by atoms with Gasteiger partial charge in [-0.1, -0.05) is 36.4 Å². The molecule has 208 valence electrons. The van der Waals surface area contributed by atoms with Gasteiger partial charge in [0.2, 0.25) is 5.91 Å². The Bertz CT molecular complexity index is 1450. The van der Waals surface area contributed by atoms with E-state index in [9.17, 15) is 18.0 Å². The van der Waals surface area contributed by atoms with Crippen LogP contribution in [0, 0.1) is 0 Å². The summed E-state index contributed by atoms with van der Waals surface area (Å²) >= 11 is 0. The summed E-state index contributed by atoms with van der Waals surface area (Å²) in [6, 6.07) is 11.5. The van der Waals surface area contributed by atoms with Crippen LogP contribution in [0.4, 0.5) is 10.5 Å². The van der Waals surface area contributed by atoms with Crippen LogP contribution in [0.25, 0.3) is 0 Å². The Morgan fingerprint density at radius 3 is 2.38 bits per heavy atom. The van der Waals surface area contributed by atoms with Crippen molar-refractivity contribution in [1.29, 1.82) is 0 Å². The largest absolute Gasteiger partial charge is 1.00 e. The number of alkyl carbamates (subject to hydrolysis) is 1. The zero-order chi connectivity index (χ0) is 27.4. The number of nitrogens with one attached hydrogen (secondary N) is 2. The Labute approximate surface area is 258 Å². The predicted molar refractivity (Wildman–Crippen MR) is 148 cm³/mol. The summed E-state index contributed by atoms with van der Waals surface area (Å²) in [6.45, 7) is -0.0531. The molecule has 3 aromatic rings. The summed E-state index contributed by atoms with van der Waals surface area (Å²) in [5.74, 6) is -0.575. The molecule has 0 atom stereocenters. The average molecular weight is 576 g/mol. The van der Waals surface area contributed by atoms with E-state index in [1.807, 2.05) is 30.3 Å². The molecule has 2 aromatic carbocycles. The van der Waals surface area contributed by atoms with Gasteiger partial charge in [-0.2, -0.15) is 13.5 Å². The minimum atomic E-state index is -4.27. The molecule has 0 bridgehead atoms. The van der Waals surface area contributed by atoms with E-state index in [2.05, 4.69) is 21.2 Å². The Kier molecular flexibility index (Phi) is 9.94. The second-order valence-corrected chi connectivity index (χ2v) is 11.6. The van der Waals surface area contributed by atoms with E-state index in [0.717, 1.165) is 54.0 Å². The molecule has 1 heterocycles. The fourth-order valence-corrected chi connectivity index (χ4v) is 6.68. The number of anilines is 1. The van der Waals surface area contributed by atoms with Gasteiger partial charge in [0.25, 0.3) is 0 Å². The Balaban J connectivity index is 0.00000231. The predicted octanol–water partition coefficient (Wildman–Crippen LogP) is -0.149. The first kappa shape index (κ1) is 30.1. The van der Waals surface area contributed by atoms with Gasteiger partial charge < -0.3 is 11.5 Å². The quantitative estimate of drug-likeness (QED) is 0.325. The summed E-state index contributed by atoms with van der Waals surface area (Å²) in [6.07, 6.45) is 8.26. The number of hydrogen-bond donors (Lipinski definition) is 2. The number of hydrogen-bond acceptors (Lipinski definition) is 6. The van der Waals surface area contributed by atoms with E-state index in [4.69, 9.17) is 4.74 Å². The van der Waals surface area contributed by atoms with Crippen LogP contribution in [0.5, 0.6) is 0 Å². The fourth-order valence-electron chi connectivity index (χ4n) is 5.50. The van der Waals surface area contributed by atoms with Crippen molar-refractivity contribution >= 4 is 27.9 Å². The van der Waals surface area contributed by atoms with Gasteiger partial charge in [-0.3, -0.25) is 9.48 Å². The number of fused-ring (bicyclic) bond motifs is 2. The second kappa shape index (κ2) is 13.2. The standard InChI is InChI=1S/C28H33N5O5S.Na.H/c1-32-18-23(17-30-32)33(14-13-29-28(35)38-19-20-7-3-2-4-8-20)39(36,37)31-27(34)16-26-24-11-5-9-21(24)15-22-10-6-12-25(22)26;;/h2-4,7-8,15,17-18H,5-6,9-14,16,19H2,1H3,(H,29,35)(H,31,34);;/q;+1;-1. The van der Waals surface area contributed by atoms with Gasteiger partial charge in [0.15, 0.2) is 0 Å². The molecule has 0 saturated carbocycles. The number of carbonyl (C=O) groups excluding carboxylic acids is 2. The van der Waals surface area contributed by atoms with E-state index in [-0.39, 0.29) is 62.8 Å². The number of aryl methyl sites for hydroxylation is 3. The summed E-state index contributed by atoms with van der Waals surface area (Å²) < 4.78 is 36.8. The maximum absolute atomic E-state index is 13.4. The van der Waals surface area contributed by atoms with Crippen molar-refractivity contribution in [2.75, 3.05) is 17.4 Å². The van der Waals surface area contributed by atoms with Gasteiger partial charge in [-0.25, -0.2) is 13.8 Å². The first-order valence-electron chi connectivity index (χ1n) is 13.2. The van der Waals surface area contributed by atoms with E-state index in [1.165, 1.54) is 39.3 Å².